The average Bonchev–Trinajstić information content (AvgIpc) is 2.86. The van der Waals surface area contributed by atoms with E-state index in [9.17, 15) is 19.6 Å². The Labute approximate surface area is 136 Å². The molecule has 3 amide bonds. The maximum Gasteiger partial charge on any atom is 0.253 e. The van der Waals surface area contributed by atoms with Crippen molar-refractivity contribution >= 4 is 17.7 Å². The molecule has 0 aromatic carbocycles. The first-order chi connectivity index (χ1) is 10.6. The van der Waals surface area contributed by atoms with Crippen LogP contribution < -0.4 is 5.32 Å². The number of rotatable bonds is 5. The average molecular weight is 322 g/mol. The van der Waals surface area contributed by atoms with Crippen LogP contribution in [-0.4, -0.2) is 51.9 Å². The monoisotopic (exact) mass is 322 g/mol. The van der Waals surface area contributed by atoms with Crippen LogP contribution in [0.25, 0.3) is 0 Å². The Morgan fingerprint density at radius 2 is 1.78 bits per heavy atom. The van der Waals surface area contributed by atoms with E-state index in [0.29, 0.717) is 19.4 Å². The van der Waals surface area contributed by atoms with E-state index in [4.69, 9.17) is 0 Å². The molecule has 7 heteroatoms. The lowest BCUT2D eigenvalue weighted by atomic mass is 9.86. The zero-order valence-electron chi connectivity index (χ0n) is 14.1. The summed E-state index contributed by atoms with van der Waals surface area (Å²) in [5.74, 6) is -1.17. The van der Waals surface area contributed by atoms with Gasteiger partial charge in [0.1, 0.15) is 0 Å². The van der Waals surface area contributed by atoms with Crippen molar-refractivity contribution in [3.05, 3.63) is 12.2 Å². The van der Waals surface area contributed by atoms with Crippen molar-refractivity contribution in [3.8, 4) is 0 Å². The molecule has 0 bridgehead atoms. The molecule has 0 spiro atoms. The van der Waals surface area contributed by atoms with Gasteiger partial charge in [0.05, 0.1) is 11.5 Å². The number of nitrogens with zero attached hydrogens (tertiary/aromatic N) is 2. The number of nitrogens with one attached hydrogen (secondary N) is 1. The smallest absolute Gasteiger partial charge is 0.253 e. The van der Waals surface area contributed by atoms with E-state index >= 15 is 0 Å². The van der Waals surface area contributed by atoms with E-state index in [-0.39, 0.29) is 30.2 Å². The number of hydrogen-bond donors (Lipinski definition) is 1. The minimum atomic E-state index is -0.752. The summed E-state index contributed by atoms with van der Waals surface area (Å²) in [7, 11) is 0. The van der Waals surface area contributed by atoms with E-state index < -0.39 is 11.1 Å². The van der Waals surface area contributed by atoms with Gasteiger partial charge in [-0.2, -0.15) is 0 Å². The van der Waals surface area contributed by atoms with E-state index in [1.54, 1.807) is 13.8 Å². The molecule has 127 valence electrons. The predicted molar refractivity (Wildman–Crippen MR) is 82.3 cm³/mol. The van der Waals surface area contributed by atoms with Crippen molar-refractivity contribution in [2.75, 3.05) is 13.1 Å². The highest BCUT2D eigenvalue weighted by atomic mass is 16.5. The molecule has 1 radical (unpaired) electrons. The van der Waals surface area contributed by atoms with Gasteiger partial charge in [-0.15, -0.1) is 10.3 Å². The van der Waals surface area contributed by atoms with Gasteiger partial charge in [-0.05, 0) is 40.5 Å². The molecule has 1 fully saturated rings. The number of hydroxylamine groups is 2. The topological polar surface area (TPSA) is 89.6 Å². The molecule has 1 saturated heterocycles. The van der Waals surface area contributed by atoms with Gasteiger partial charge in [-0.1, -0.05) is 0 Å². The molecule has 1 N–H and O–H groups in total. The lowest BCUT2D eigenvalue weighted by Gasteiger charge is -2.33. The van der Waals surface area contributed by atoms with Crippen molar-refractivity contribution in [2.45, 2.75) is 51.6 Å². The summed E-state index contributed by atoms with van der Waals surface area (Å²) in [6.07, 6.45) is 3.48. The normalized spacial score (nSPS) is 26.1. The number of imide groups is 1. The molecule has 2 aliphatic heterocycles. The number of hydrogen-bond acceptors (Lipinski definition) is 4. The van der Waals surface area contributed by atoms with Crippen molar-refractivity contribution < 1.29 is 19.6 Å². The Morgan fingerprint density at radius 3 is 2.26 bits per heavy atom. The van der Waals surface area contributed by atoms with Gasteiger partial charge in [0.15, 0.2) is 0 Å². The number of carbonyl (C=O) groups is 3. The summed E-state index contributed by atoms with van der Waals surface area (Å²) in [4.78, 5) is 36.3. The lowest BCUT2D eigenvalue weighted by Crippen LogP contribution is -2.49. The standard InChI is InChI=1S/C16H24N3O4/c1-15(2)10-11(16(3,4)19(15)23)14(22)17-8-5-9-18-12(20)6-7-13(18)21/h6-7,11H,5,8-10H2,1-4H3,(H,17,22). The van der Waals surface area contributed by atoms with Crippen LogP contribution in [0.1, 0.15) is 40.5 Å². The molecule has 2 aliphatic rings. The lowest BCUT2D eigenvalue weighted by molar-refractivity contribution is -0.247. The fourth-order valence-corrected chi connectivity index (χ4v) is 3.39. The second-order valence-electron chi connectivity index (χ2n) is 7.32. The summed E-state index contributed by atoms with van der Waals surface area (Å²) >= 11 is 0. The Kier molecular flexibility index (Phi) is 4.64. The first-order valence-corrected chi connectivity index (χ1v) is 7.86. The fraction of sp³-hybridized carbons (Fsp3) is 0.688. The third-order valence-electron chi connectivity index (χ3n) is 4.70. The Bertz CT molecular complexity index is 536. The van der Waals surface area contributed by atoms with E-state index in [2.05, 4.69) is 5.32 Å². The summed E-state index contributed by atoms with van der Waals surface area (Å²) in [6, 6.07) is 0. The molecule has 1 unspecified atom stereocenters. The predicted octanol–water partition coefficient (Wildman–Crippen LogP) is 0.642. The van der Waals surface area contributed by atoms with E-state index in [0.717, 1.165) is 9.96 Å². The molecule has 0 aliphatic carbocycles. The highest BCUT2D eigenvalue weighted by Gasteiger charge is 2.55. The minimum Gasteiger partial charge on any atom is -0.356 e. The largest absolute Gasteiger partial charge is 0.356 e. The first kappa shape index (κ1) is 17.6. The molecule has 0 aromatic heterocycles. The van der Waals surface area contributed by atoms with Crippen LogP contribution in [0.15, 0.2) is 12.2 Å². The summed E-state index contributed by atoms with van der Waals surface area (Å²) in [6.45, 7) is 7.89. The van der Waals surface area contributed by atoms with Crippen molar-refractivity contribution in [1.29, 1.82) is 0 Å². The summed E-state index contributed by atoms with van der Waals surface area (Å²) in [5, 5.41) is 16.1. The van der Waals surface area contributed by atoms with Crippen LogP contribution >= 0.6 is 0 Å². The fourth-order valence-electron chi connectivity index (χ4n) is 3.39. The second kappa shape index (κ2) is 6.05. The highest BCUT2D eigenvalue weighted by Crippen LogP contribution is 2.43. The molecule has 1 atom stereocenters. The minimum absolute atomic E-state index is 0.154. The zero-order valence-corrected chi connectivity index (χ0v) is 14.1. The van der Waals surface area contributed by atoms with Gasteiger partial charge in [-0.3, -0.25) is 19.3 Å². The molecular formula is C16H24N3O4. The van der Waals surface area contributed by atoms with Crippen LogP contribution in [-0.2, 0) is 19.6 Å². The molecule has 0 aromatic rings. The molecule has 2 rings (SSSR count). The van der Waals surface area contributed by atoms with Crippen molar-refractivity contribution in [1.82, 2.24) is 15.3 Å². The maximum absolute atomic E-state index is 12.4. The summed E-state index contributed by atoms with van der Waals surface area (Å²) < 4.78 is 0. The van der Waals surface area contributed by atoms with Gasteiger partial charge in [0, 0.05) is 30.8 Å². The molecular weight excluding hydrogens is 298 g/mol. The van der Waals surface area contributed by atoms with E-state index in [1.807, 2.05) is 13.8 Å². The summed E-state index contributed by atoms with van der Waals surface area (Å²) in [5.41, 5.74) is -1.32. The Balaban J connectivity index is 1.82. The van der Waals surface area contributed by atoms with Crippen LogP contribution in [0.4, 0.5) is 0 Å². The number of carbonyl (C=O) groups excluding carboxylic acids is 3. The SMILES string of the molecule is CC1(C)CC(C(=O)NCCCN2C(=O)C=CC2=O)C(C)(C)N1[O]. The first-order valence-electron chi connectivity index (χ1n) is 7.86. The molecule has 0 saturated carbocycles. The third-order valence-corrected chi connectivity index (χ3v) is 4.70. The van der Waals surface area contributed by atoms with Crippen LogP contribution in [0.5, 0.6) is 0 Å². The van der Waals surface area contributed by atoms with Gasteiger partial charge >= 0.3 is 0 Å². The van der Waals surface area contributed by atoms with Crippen LogP contribution in [0.3, 0.4) is 0 Å². The van der Waals surface area contributed by atoms with Gasteiger partial charge in [-0.25, -0.2) is 0 Å². The van der Waals surface area contributed by atoms with E-state index in [1.165, 1.54) is 12.2 Å². The molecule has 7 nitrogen and oxygen atoms in total. The Hall–Kier alpha value is -1.73. The van der Waals surface area contributed by atoms with Gasteiger partial charge < -0.3 is 5.32 Å². The van der Waals surface area contributed by atoms with Gasteiger partial charge in [0.2, 0.25) is 5.91 Å². The zero-order chi connectivity index (χ0) is 17.4. The third kappa shape index (κ3) is 3.30. The molecule has 23 heavy (non-hydrogen) atoms. The molecule has 2 heterocycles. The van der Waals surface area contributed by atoms with Crippen LogP contribution in [0, 0.1) is 5.92 Å². The highest BCUT2D eigenvalue weighted by molar-refractivity contribution is 6.12. The quantitative estimate of drug-likeness (QED) is 0.594. The Morgan fingerprint density at radius 1 is 1.22 bits per heavy atom. The maximum atomic E-state index is 12.4. The van der Waals surface area contributed by atoms with Gasteiger partial charge in [0.25, 0.3) is 11.8 Å². The van der Waals surface area contributed by atoms with Crippen molar-refractivity contribution in [3.63, 3.8) is 0 Å². The second-order valence-corrected chi connectivity index (χ2v) is 7.32. The number of amides is 3. The van der Waals surface area contributed by atoms with Crippen molar-refractivity contribution in [2.24, 2.45) is 5.92 Å². The van der Waals surface area contributed by atoms with Crippen LogP contribution in [0.2, 0.25) is 0 Å².